The molecule has 0 amide bonds. The van der Waals surface area contributed by atoms with Crippen molar-refractivity contribution in [2.45, 2.75) is 0 Å². The molecule has 3 heteroatoms. The Hall–Kier alpha value is -9.44. The predicted molar refractivity (Wildman–Crippen MR) is 312 cm³/mol. The van der Waals surface area contributed by atoms with Gasteiger partial charge in [0.15, 0.2) is 0 Å². The zero-order chi connectivity index (χ0) is 48.0. The van der Waals surface area contributed by atoms with E-state index in [9.17, 15) is 0 Å². The van der Waals surface area contributed by atoms with Crippen LogP contribution in [0.25, 0.3) is 87.6 Å². The Morgan fingerprint density at radius 2 is 0.548 bits per heavy atom. The van der Waals surface area contributed by atoms with Crippen LogP contribution in [0, 0.1) is 0 Å². The highest BCUT2D eigenvalue weighted by molar-refractivity contribution is 7.00. The summed E-state index contributed by atoms with van der Waals surface area (Å²) in [5.74, 6) is 0. The third-order valence-corrected chi connectivity index (χ3v) is 15.6. The van der Waals surface area contributed by atoms with E-state index >= 15 is 0 Å². The van der Waals surface area contributed by atoms with Gasteiger partial charge < -0.3 is 9.80 Å². The molecule has 0 saturated heterocycles. The normalized spacial score (nSPS) is 12.6. The number of hydrogen-bond donors (Lipinski definition) is 0. The summed E-state index contributed by atoms with van der Waals surface area (Å²) < 4.78 is 0. The molecule has 2 aliphatic rings. The van der Waals surface area contributed by atoms with Crippen molar-refractivity contribution in [3.8, 4) is 44.5 Å². The second-order valence-electron chi connectivity index (χ2n) is 19.6. The minimum atomic E-state index is -0.0732. The summed E-state index contributed by atoms with van der Waals surface area (Å²) in [6, 6.07) is 102. The topological polar surface area (TPSA) is 6.48 Å². The standard InChI is InChI=1S/C70H45BN2/c1-4-14-46(15-5-1)49-24-26-52(27-25-49)57-42-68-70-69(43-57)73(59-38-34-51(35-39-59)48-18-8-3-9-19-48)67-45-63-56(31-29-54-21-11-13-23-61(54)63)41-65(67)71(70)64-40-55-30-28-53-20-10-12-22-60(53)62(55)44-66(64)72(68)58-36-32-50(33-37-58)47-16-6-2-7-17-47/h1-45H. The van der Waals surface area contributed by atoms with Gasteiger partial charge in [0.05, 0.1) is 0 Å². The van der Waals surface area contributed by atoms with Gasteiger partial charge in [0.2, 0.25) is 0 Å². The van der Waals surface area contributed by atoms with E-state index in [1.54, 1.807) is 0 Å². The molecule has 2 nitrogen and oxygen atoms in total. The van der Waals surface area contributed by atoms with Gasteiger partial charge in [0, 0.05) is 34.1 Å². The molecule has 0 fully saturated rings. The summed E-state index contributed by atoms with van der Waals surface area (Å²) >= 11 is 0. The second-order valence-corrected chi connectivity index (χ2v) is 19.6. The van der Waals surface area contributed by atoms with Crippen molar-refractivity contribution >= 4 is 100 Å². The van der Waals surface area contributed by atoms with E-state index in [0.717, 1.165) is 16.9 Å². The van der Waals surface area contributed by atoms with Crippen LogP contribution in [-0.2, 0) is 0 Å². The maximum atomic E-state index is 2.57. The number of anilines is 6. The maximum Gasteiger partial charge on any atom is 0.252 e. The maximum absolute atomic E-state index is 2.57. The first kappa shape index (κ1) is 41.4. The zero-order valence-electron chi connectivity index (χ0n) is 40.0. The fourth-order valence-corrected chi connectivity index (χ4v) is 12.1. The third kappa shape index (κ3) is 6.74. The van der Waals surface area contributed by atoms with Crippen molar-refractivity contribution in [2.24, 2.45) is 0 Å². The van der Waals surface area contributed by atoms with E-state index in [2.05, 4.69) is 283 Å². The first-order valence-corrected chi connectivity index (χ1v) is 25.3. The summed E-state index contributed by atoms with van der Waals surface area (Å²) in [5, 5.41) is 9.97. The zero-order valence-corrected chi connectivity index (χ0v) is 40.0. The summed E-state index contributed by atoms with van der Waals surface area (Å²) in [6.07, 6.45) is 0. The smallest absolute Gasteiger partial charge is 0.252 e. The Balaban J connectivity index is 1.05. The van der Waals surface area contributed by atoms with Crippen LogP contribution in [0.5, 0.6) is 0 Å². The van der Waals surface area contributed by atoms with Crippen LogP contribution >= 0.6 is 0 Å². The van der Waals surface area contributed by atoms with Crippen LogP contribution in [0.2, 0.25) is 0 Å². The number of benzene rings is 13. The molecule has 0 unspecified atom stereocenters. The first-order valence-electron chi connectivity index (χ1n) is 25.3. The fraction of sp³-hybridized carbons (Fsp3) is 0. The summed E-state index contributed by atoms with van der Waals surface area (Å²) in [6.45, 7) is -0.0732. The summed E-state index contributed by atoms with van der Waals surface area (Å²) in [4.78, 5) is 5.14. The molecule has 0 atom stereocenters. The summed E-state index contributed by atoms with van der Waals surface area (Å²) in [7, 11) is 0. The largest absolute Gasteiger partial charge is 0.311 e. The lowest BCUT2D eigenvalue weighted by Crippen LogP contribution is -2.61. The van der Waals surface area contributed by atoms with E-state index in [1.807, 2.05) is 0 Å². The number of hydrogen-bond acceptors (Lipinski definition) is 2. The average Bonchev–Trinajstić information content (AvgIpc) is 3.47. The minimum absolute atomic E-state index is 0.0732. The molecule has 15 rings (SSSR count). The average molecular weight is 925 g/mol. The molecule has 13 aromatic rings. The highest BCUT2D eigenvalue weighted by Gasteiger charge is 2.44. The Kier molecular flexibility index (Phi) is 9.40. The lowest BCUT2D eigenvalue weighted by Gasteiger charge is -2.45. The Morgan fingerprint density at radius 3 is 0.959 bits per heavy atom. The predicted octanol–water partition coefficient (Wildman–Crippen LogP) is 17.0. The quantitative estimate of drug-likeness (QED) is 0.121. The van der Waals surface area contributed by atoms with Gasteiger partial charge in [-0.25, -0.2) is 0 Å². The fourth-order valence-electron chi connectivity index (χ4n) is 12.1. The van der Waals surface area contributed by atoms with E-state index in [-0.39, 0.29) is 6.71 Å². The molecule has 73 heavy (non-hydrogen) atoms. The molecule has 0 radical (unpaired) electrons. The Labute approximate surface area is 425 Å². The number of nitrogens with zero attached hydrogens (tertiary/aromatic N) is 2. The highest BCUT2D eigenvalue weighted by Crippen LogP contribution is 2.48. The van der Waals surface area contributed by atoms with E-state index < -0.39 is 0 Å². The van der Waals surface area contributed by atoms with Crippen molar-refractivity contribution in [1.29, 1.82) is 0 Å². The van der Waals surface area contributed by atoms with Crippen LogP contribution < -0.4 is 26.2 Å². The van der Waals surface area contributed by atoms with Crippen LogP contribution in [-0.4, -0.2) is 6.71 Å². The van der Waals surface area contributed by atoms with Gasteiger partial charge >= 0.3 is 0 Å². The molecule has 0 saturated carbocycles. The Bertz CT molecular complexity index is 4050. The molecule has 2 heterocycles. The van der Waals surface area contributed by atoms with Crippen LogP contribution in [0.15, 0.2) is 273 Å². The molecule has 338 valence electrons. The Morgan fingerprint density at radius 1 is 0.219 bits per heavy atom. The van der Waals surface area contributed by atoms with Crippen LogP contribution in [0.3, 0.4) is 0 Å². The molecule has 2 aliphatic heterocycles. The SMILES string of the molecule is c1ccc(-c2ccc(-c3cc4c5c(c3)N(c3ccc(-c6ccccc6)cc3)c3cc6c(ccc7ccccc76)cc3B5c3cc5ccc6ccccc6c5cc3N4c3ccc(-c4ccccc4)cc3)cc2)cc1. The van der Waals surface area contributed by atoms with Gasteiger partial charge in [0.25, 0.3) is 6.71 Å². The van der Waals surface area contributed by atoms with Crippen molar-refractivity contribution in [3.63, 3.8) is 0 Å². The summed E-state index contributed by atoms with van der Waals surface area (Å²) in [5.41, 5.74) is 20.4. The van der Waals surface area contributed by atoms with Gasteiger partial charge in [-0.1, -0.05) is 224 Å². The van der Waals surface area contributed by atoms with Gasteiger partial charge in [-0.3, -0.25) is 0 Å². The van der Waals surface area contributed by atoms with Gasteiger partial charge in [-0.05, 0) is 153 Å². The second kappa shape index (κ2) is 16.6. The van der Waals surface area contributed by atoms with Crippen LogP contribution in [0.1, 0.15) is 0 Å². The molecule has 0 aliphatic carbocycles. The lowest BCUT2D eigenvalue weighted by molar-refractivity contribution is 1.26. The lowest BCUT2D eigenvalue weighted by atomic mass is 9.33. The minimum Gasteiger partial charge on any atom is -0.311 e. The molecule has 0 N–H and O–H groups in total. The first-order chi connectivity index (χ1) is 36.2. The van der Waals surface area contributed by atoms with Gasteiger partial charge in [-0.15, -0.1) is 0 Å². The van der Waals surface area contributed by atoms with Gasteiger partial charge in [0.1, 0.15) is 0 Å². The van der Waals surface area contributed by atoms with E-state index in [0.29, 0.717) is 0 Å². The molecule has 0 spiro atoms. The van der Waals surface area contributed by atoms with Crippen molar-refractivity contribution < 1.29 is 0 Å². The number of fused-ring (bicyclic) bond motifs is 10. The van der Waals surface area contributed by atoms with Crippen molar-refractivity contribution in [1.82, 2.24) is 0 Å². The molecular weight excluding hydrogens is 880 g/mol. The monoisotopic (exact) mass is 924 g/mol. The van der Waals surface area contributed by atoms with Crippen molar-refractivity contribution in [2.75, 3.05) is 9.80 Å². The van der Waals surface area contributed by atoms with Crippen molar-refractivity contribution in [3.05, 3.63) is 273 Å². The van der Waals surface area contributed by atoms with E-state index in [1.165, 1.54) is 121 Å². The molecule has 0 aromatic heterocycles. The van der Waals surface area contributed by atoms with Gasteiger partial charge in [-0.2, -0.15) is 0 Å². The molecule has 0 bridgehead atoms. The molecule has 13 aromatic carbocycles. The third-order valence-electron chi connectivity index (χ3n) is 15.6. The molecular formula is C70H45BN2. The van der Waals surface area contributed by atoms with E-state index in [4.69, 9.17) is 0 Å². The van der Waals surface area contributed by atoms with Crippen LogP contribution in [0.4, 0.5) is 34.1 Å². The highest BCUT2D eigenvalue weighted by atomic mass is 15.2. The number of rotatable bonds is 6.